The van der Waals surface area contributed by atoms with E-state index in [1.54, 1.807) is 4.90 Å². The highest BCUT2D eigenvalue weighted by Gasteiger charge is 2.45. The number of carbonyl (C=O) groups excluding carboxylic acids is 1. The Balaban J connectivity index is 1.94. The highest BCUT2D eigenvalue weighted by Crippen LogP contribution is 2.31. The number of sulfone groups is 1. The summed E-state index contributed by atoms with van der Waals surface area (Å²) in [6, 6.07) is 0. The molecular weight excluding hydrogens is 262 g/mol. The summed E-state index contributed by atoms with van der Waals surface area (Å²) in [4.78, 5) is 13.7. The second kappa shape index (κ2) is 5.08. The second-order valence-electron chi connectivity index (χ2n) is 6.93. The van der Waals surface area contributed by atoms with Crippen LogP contribution in [0, 0.1) is 5.41 Å². The molecule has 0 spiro atoms. The van der Waals surface area contributed by atoms with E-state index in [9.17, 15) is 13.2 Å². The van der Waals surface area contributed by atoms with Crippen LogP contribution in [0.15, 0.2) is 0 Å². The van der Waals surface area contributed by atoms with Crippen molar-refractivity contribution in [1.82, 2.24) is 4.90 Å². The first-order valence-electron chi connectivity index (χ1n) is 7.25. The van der Waals surface area contributed by atoms with E-state index in [1.807, 2.05) is 20.8 Å². The topological polar surface area (TPSA) is 54.5 Å². The van der Waals surface area contributed by atoms with E-state index in [1.165, 1.54) is 0 Å². The average Bonchev–Trinajstić information content (AvgIpc) is 2.26. The van der Waals surface area contributed by atoms with Crippen LogP contribution >= 0.6 is 0 Å². The van der Waals surface area contributed by atoms with Gasteiger partial charge in [0, 0.05) is 18.5 Å². The van der Waals surface area contributed by atoms with Gasteiger partial charge in [-0.15, -0.1) is 0 Å². The zero-order valence-electron chi connectivity index (χ0n) is 12.2. The van der Waals surface area contributed by atoms with Crippen molar-refractivity contribution in [3.8, 4) is 0 Å². The molecule has 1 amide bonds. The van der Waals surface area contributed by atoms with Crippen LogP contribution in [-0.4, -0.2) is 42.8 Å². The first-order valence-corrected chi connectivity index (χ1v) is 8.86. The van der Waals surface area contributed by atoms with Crippen LogP contribution in [0.5, 0.6) is 0 Å². The number of hydrogen-bond donors (Lipinski definition) is 0. The number of hydrogen-bond acceptors (Lipinski definition) is 3. The standard InChI is InChI=1S/C14H25NO3S/c1-14(2,3)13(16)15-9-12(10-15)19(17,18)11-7-5-4-6-8-11/h11-12H,4-10H2,1-3H3. The molecule has 110 valence electrons. The van der Waals surface area contributed by atoms with Crippen LogP contribution in [0.25, 0.3) is 0 Å². The van der Waals surface area contributed by atoms with Gasteiger partial charge in [0.1, 0.15) is 0 Å². The molecule has 1 saturated heterocycles. The molecule has 2 fully saturated rings. The Morgan fingerprint density at radius 3 is 2.00 bits per heavy atom. The Labute approximate surface area is 116 Å². The molecule has 0 aromatic heterocycles. The van der Waals surface area contributed by atoms with Gasteiger partial charge in [0.25, 0.3) is 0 Å². The molecule has 1 saturated carbocycles. The van der Waals surface area contributed by atoms with Gasteiger partial charge >= 0.3 is 0 Å². The summed E-state index contributed by atoms with van der Waals surface area (Å²) < 4.78 is 24.9. The van der Waals surface area contributed by atoms with Crippen molar-refractivity contribution in [2.45, 2.75) is 63.4 Å². The molecule has 0 bridgehead atoms. The smallest absolute Gasteiger partial charge is 0.228 e. The van der Waals surface area contributed by atoms with Crippen LogP contribution in [0.3, 0.4) is 0 Å². The van der Waals surface area contributed by atoms with E-state index >= 15 is 0 Å². The van der Waals surface area contributed by atoms with Gasteiger partial charge in [-0.1, -0.05) is 40.0 Å². The monoisotopic (exact) mass is 287 g/mol. The lowest BCUT2D eigenvalue weighted by Crippen LogP contribution is -2.60. The number of amides is 1. The van der Waals surface area contributed by atoms with E-state index in [4.69, 9.17) is 0 Å². The average molecular weight is 287 g/mol. The number of likely N-dealkylation sites (tertiary alicyclic amines) is 1. The Morgan fingerprint density at radius 1 is 1.00 bits per heavy atom. The van der Waals surface area contributed by atoms with Crippen molar-refractivity contribution in [3.05, 3.63) is 0 Å². The SMILES string of the molecule is CC(C)(C)C(=O)N1CC(S(=O)(=O)C2CCCCC2)C1. The molecule has 1 aliphatic carbocycles. The Morgan fingerprint density at radius 2 is 1.53 bits per heavy atom. The summed E-state index contributed by atoms with van der Waals surface area (Å²) in [5, 5.41) is -0.472. The second-order valence-corrected chi connectivity index (χ2v) is 9.44. The summed E-state index contributed by atoms with van der Waals surface area (Å²) >= 11 is 0. The van der Waals surface area contributed by atoms with E-state index in [0.717, 1.165) is 32.1 Å². The van der Waals surface area contributed by atoms with Crippen molar-refractivity contribution in [1.29, 1.82) is 0 Å². The molecule has 0 atom stereocenters. The Kier molecular flexibility index (Phi) is 3.96. The third kappa shape index (κ3) is 2.96. The zero-order chi connectivity index (χ0) is 14.3. The van der Waals surface area contributed by atoms with Crippen LogP contribution in [0.2, 0.25) is 0 Å². The molecule has 0 unspecified atom stereocenters. The molecule has 0 aromatic rings. The van der Waals surface area contributed by atoms with Crippen LogP contribution in [0.4, 0.5) is 0 Å². The molecule has 5 heteroatoms. The van der Waals surface area contributed by atoms with E-state index in [0.29, 0.717) is 13.1 Å². The first-order chi connectivity index (χ1) is 8.73. The summed E-state index contributed by atoms with van der Waals surface area (Å²) in [6.07, 6.45) is 4.84. The predicted molar refractivity (Wildman–Crippen MR) is 75.6 cm³/mol. The number of nitrogens with zero attached hydrogens (tertiary/aromatic N) is 1. The Hall–Kier alpha value is -0.580. The maximum absolute atomic E-state index is 12.4. The van der Waals surface area contributed by atoms with Crippen molar-refractivity contribution in [3.63, 3.8) is 0 Å². The van der Waals surface area contributed by atoms with Gasteiger partial charge in [0.2, 0.25) is 5.91 Å². The lowest BCUT2D eigenvalue weighted by molar-refractivity contribution is -0.142. The molecule has 4 nitrogen and oxygen atoms in total. The zero-order valence-corrected chi connectivity index (χ0v) is 13.0. The Bertz CT molecular complexity index is 438. The van der Waals surface area contributed by atoms with Crippen molar-refractivity contribution >= 4 is 15.7 Å². The molecular formula is C14H25NO3S. The maximum Gasteiger partial charge on any atom is 0.228 e. The minimum Gasteiger partial charge on any atom is -0.339 e. The number of carbonyl (C=O) groups is 1. The quantitative estimate of drug-likeness (QED) is 0.780. The van der Waals surface area contributed by atoms with E-state index in [2.05, 4.69) is 0 Å². The van der Waals surface area contributed by atoms with E-state index in [-0.39, 0.29) is 16.4 Å². The van der Waals surface area contributed by atoms with Crippen molar-refractivity contribution in [2.75, 3.05) is 13.1 Å². The molecule has 0 aromatic carbocycles. The molecule has 0 radical (unpaired) electrons. The van der Waals surface area contributed by atoms with Gasteiger partial charge in [-0.25, -0.2) is 8.42 Å². The fourth-order valence-electron chi connectivity index (χ4n) is 2.95. The summed E-state index contributed by atoms with van der Waals surface area (Å²) in [5.41, 5.74) is -0.417. The largest absolute Gasteiger partial charge is 0.339 e. The predicted octanol–water partition coefficient (Wildman–Crippen LogP) is 1.99. The fourth-order valence-corrected chi connectivity index (χ4v) is 5.26. The minimum atomic E-state index is -3.03. The van der Waals surface area contributed by atoms with Crippen molar-refractivity contribution < 1.29 is 13.2 Å². The maximum atomic E-state index is 12.4. The van der Waals surface area contributed by atoms with Gasteiger partial charge in [0.05, 0.1) is 10.5 Å². The van der Waals surface area contributed by atoms with Crippen molar-refractivity contribution in [2.24, 2.45) is 5.41 Å². The molecule has 19 heavy (non-hydrogen) atoms. The van der Waals surface area contributed by atoms with E-state index < -0.39 is 15.3 Å². The van der Waals surface area contributed by atoms with Crippen LogP contribution < -0.4 is 0 Å². The molecule has 2 rings (SSSR count). The summed E-state index contributed by atoms with van der Waals surface area (Å²) in [7, 11) is -3.03. The third-order valence-corrected chi connectivity index (χ3v) is 6.89. The summed E-state index contributed by atoms with van der Waals surface area (Å²) in [5.74, 6) is 0.0580. The van der Waals surface area contributed by atoms with Gasteiger partial charge < -0.3 is 4.90 Å². The molecule has 1 aliphatic heterocycles. The normalized spacial score (nSPS) is 23.2. The summed E-state index contributed by atoms with van der Waals surface area (Å²) in [6.45, 7) is 6.42. The number of rotatable bonds is 2. The fraction of sp³-hybridized carbons (Fsp3) is 0.929. The third-order valence-electron chi connectivity index (χ3n) is 4.26. The minimum absolute atomic E-state index is 0.0580. The molecule has 2 aliphatic rings. The van der Waals surface area contributed by atoms with Crippen LogP contribution in [0.1, 0.15) is 52.9 Å². The molecule has 1 heterocycles. The highest BCUT2D eigenvalue weighted by molar-refractivity contribution is 7.92. The highest BCUT2D eigenvalue weighted by atomic mass is 32.2. The van der Waals surface area contributed by atoms with Gasteiger partial charge in [-0.05, 0) is 12.8 Å². The van der Waals surface area contributed by atoms with Gasteiger partial charge in [-0.3, -0.25) is 4.79 Å². The first kappa shape index (κ1) is 14.8. The lowest BCUT2D eigenvalue weighted by Gasteiger charge is -2.43. The van der Waals surface area contributed by atoms with Crippen LogP contribution in [-0.2, 0) is 14.6 Å². The lowest BCUT2D eigenvalue weighted by atomic mass is 9.93. The van der Waals surface area contributed by atoms with Gasteiger partial charge in [0.15, 0.2) is 9.84 Å². The van der Waals surface area contributed by atoms with Gasteiger partial charge in [-0.2, -0.15) is 0 Å². The molecule has 0 N–H and O–H groups in total.